The van der Waals surface area contributed by atoms with Crippen LogP contribution in [-0.4, -0.2) is 58.3 Å². The van der Waals surface area contributed by atoms with Gasteiger partial charge < -0.3 is 0 Å². The normalized spacial score (nSPS) is 13.4. The van der Waals surface area contributed by atoms with Crippen LogP contribution in [0.3, 0.4) is 0 Å². The Hall–Kier alpha value is -0.701. The van der Waals surface area contributed by atoms with Crippen LogP contribution in [0.15, 0.2) is 48.5 Å². The summed E-state index contributed by atoms with van der Waals surface area (Å²) in [4.78, 5) is 0. The van der Waals surface area contributed by atoms with E-state index in [1.807, 2.05) is 24.3 Å². The fourth-order valence-electron chi connectivity index (χ4n) is 2.93. The van der Waals surface area contributed by atoms with Crippen molar-refractivity contribution in [3.63, 3.8) is 0 Å². The van der Waals surface area contributed by atoms with E-state index in [1.54, 1.807) is 14.2 Å². The van der Waals surface area contributed by atoms with Crippen LogP contribution in [0.5, 0.6) is 11.5 Å². The van der Waals surface area contributed by atoms with Crippen LogP contribution >= 0.6 is 5.15 Å². The van der Waals surface area contributed by atoms with Crippen molar-refractivity contribution in [1.29, 1.82) is 0 Å². The first-order valence-electron chi connectivity index (χ1n) is 9.80. The molecule has 6 heteroatoms. The number of hydrogen-bond acceptors (Lipinski definition) is 4. The van der Waals surface area contributed by atoms with E-state index < -0.39 is 5.15 Å². The van der Waals surface area contributed by atoms with Crippen LogP contribution in [0, 0.1) is 0 Å². The molecule has 2 aromatic rings. The van der Waals surface area contributed by atoms with Gasteiger partial charge in [-0.25, -0.2) is 0 Å². The Morgan fingerprint density at radius 1 is 0.929 bits per heavy atom. The summed E-state index contributed by atoms with van der Waals surface area (Å²) in [5, 5.41) is -1.42. The summed E-state index contributed by atoms with van der Waals surface area (Å²) in [5.41, 5.74) is 2.71. The number of aryl methyl sites for hydroxylation is 2. The molecule has 0 aromatic heterocycles. The van der Waals surface area contributed by atoms with Crippen molar-refractivity contribution < 1.29 is 9.47 Å². The van der Waals surface area contributed by atoms with E-state index in [0.29, 0.717) is 14.7 Å². The first kappa shape index (κ1) is 23.6. The molecule has 0 unspecified atom stereocenters. The first-order valence-corrected chi connectivity index (χ1v) is 16.0. The monoisotopic (exact) mass is 485 g/mol. The van der Waals surface area contributed by atoms with Gasteiger partial charge in [-0.2, -0.15) is 0 Å². The maximum absolute atomic E-state index is 6.35. The number of benzene rings is 2. The van der Waals surface area contributed by atoms with Gasteiger partial charge in [-0.05, 0) is 0 Å². The Labute approximate surface area is 182 Å². The second-order valence-electron chi connectivity index (χ2n) is 6.65. The van der Waals surface area contributed by atoms with Crippen molar-refractivity contribution in [2.75, 3.05) is 39.6 Å². The van der Waals surface area contributed by atoms with E-state index in [4.69, 9.17) is 21.7 Å². The van der Waals surface area contributed by atoms with Crippen molar-refractivity contribution in [1.82, 2.24) is 3.92 Å². The SMILES string of the molecule is CCN(CC)[Se][P+]([S-])(CCc1ccc(OC)cc1)CCc1ccc([O+]C)cc1. The molecule has 0 heterocycles. The van der Waals surface area contributed by atoms with Crippen LogP contribution in [0.25, 0.3) is 0 Å². The summed E-state index contributed by atoms with van der Waals surface area (Å²) >= 11 is 6.76. The molecular formula is C22H32NO2PSSe+. The van der Waals surface area contributed by atoms with Gasteiger partial charge in [0.1, 0.15) is 0 Å². The summed E-state index contributed by atoms with van der Waals surface area (Å²) in [6.45, 7) is 6.69. The zero-order valence-corrected chi connectivity index (χ0v) is 20.8. The van der Waals surface area contributed by atoms with Crippen LogP contribution in [0.4, 0.5) is 0 Å². The zero-order chi connectivity index (χ0) is 20.4. The number of methoxy groups -OCH3 is 2. The molecule has 2 aromatic carbocycles. The van der Waals surface area contributed by atoms with Gasteiger partial charge >= 0.3 is 183 Å². The van der Waals surface area contributed by atoms with Gasteiger partial charge in [0.2, 0.25) is 0 Å². The molecule has 0 amide bonds. The van der Waals surface area contributed by atoms with Crippen LogP contribution < -0.4 is 9.47 Å². The van der Waals surface area contributed by atoms with Crippen molar-refractivity contribution in [3.05, 3.63) is 59.7 Å². The van der Waals surface area contributed by atoms with Crippen molar-refractivity contribution in [2.45, 2.75) is 26.7 Å². The molecule has 28 heavy (non-hydrogen) atoms. The third-order valence-electron chi connectivity index (χ3n) is 4.77. The molecule has 0 saturated carbocycles. The number of ether oxygens (including phenoxy) is 2. The molecule has 0 bridgehead atoms. The summed E-state index contributed by atoms with van der Waals surface area (Å²) in [7, 11) is 3.42. The van der Waals surface area contributed by atoms with E-state index in [1.165, 1.54) is 11.1 Å². The quantitative estimate of drug-likeness (QED) is 0.186. The van der Waals surface area contributed by atoms with E-state index in [9.17, 15) is 0 Å². The van der Waals surface area contributed by atoms with Crippen molar-refractivity contribution in [3.8, 4) is 11.5 Å². The van der Waals surface area contributed by atoms with Gasteiger partial charge in [-0.1, -0.05) is 0 Å². The molecule has 1 radical (unpaired) electrons. The first-order chi connectivity index (χ1) is 13.5. The number of nitrogens with zero attached hydrogens (tertiary/aromatic N) is 1. The predicted molar refractivity (Wildman–Crippen MR) is 126 cm³/mol. The minimum atomic E-state index is -1.42. The Bertz CT molecular complexity index is 641. The molecular weight excluding hydrogens is 452 g/mol. The fourth-order valence-corrected chi connectivity index (χ4v) is 13.5. The van der Waals surface area contributed by atoms with Gasteiger partial charge in [0.05, 0.1) is 0 Å². The molecule has 2 rings (SSSR count). The Morgan fingerprint density at radius 3 is 1.86 bits per heavy atom. The summed E-state index contributed by atoms with van der Waals surface area (Å²) in [5.74, 6) is 1.82. The zero-order valence-electron chi connectivity index (χ0n) is 17.4. The average molecular weight is 485 g/mol. The Kier molecular flexibility index (Phi) is 10.2. The third-order valence-corrected chi connectivity index (χ3v) is 16.0. The van der Waals surface area contributed by atoms with E-state index in [2.05, 4.69) is 42.0 Å². The molecule has 0 aliphatic heterocycles. The van der Waals surface area contributed by atoms with Gasteiger partial charge in [0, 0.05) is 0 Å². The molecule has 0 aliphatic carbocycles. The number of hydrogen-bond donors (Lipinski definition) is 0. The number of rotatable bonds is 12. The van der Waals surface area contributed by atoms with Gasteiger partial charge in [-0.3, -0.25) is 0 Å². The predicted octanol–water partition coefficient (Wildman–Crippen LogP) is 4.84. The topological polar surface area (TPSA) is 23.8 Å². The maximum atomic E-state index is 6.35. The van der Waals surface area contributed by atoms with Gasteiger partial charge in [0.15, 0.2) is 0 Å². The Balaban J connectivity index is 2.04. The van der Waals surface area contributed by atoms with E-state index in [-0.39, 0.29) is 0 Å². The average Bonchev–Trinajstić information content (AvgIpc) is 2.75. The fraction of sp³-hybridized carbons (Fsp3) is 0.455. The van der Waals surface area contributed by atoms with E-state index >= 15 is 0 Å². The third kappa shape index (κ3) is 7.61. The van der Waals surface area contributed by atoms with E-state index in [0.717, 1.165) is 49.8 Å². The molecule has 3 nitrogen and oxygen atoms in total. The molecule has 0 spiro atoms. The van der Waals surface area contributed by atoms with Gasteiger partial charge in [0.25, 0.3) is 0 Å². The standard InChI is InChI=1S/C22H32NO2PSSe/c1-5-23(6-2)28-26(27,17-15-19-7-11-21(24-3)12-8-19)18-16-20-9-13-22(25-4)14-10-20/h7-14H,5-6,15-18H2,1-4H3/q+1. The molecule has 0 fully saturated rings. The van der Waals surface area contributed by atoms with Crippen LogP contribution in [0.2, 0.25) is 0 Å². The molecule has 153 valence electrons. The molecule has 0 N–H and O–H groups in total. The molecule has 0 saturated heterocycles. The molecule has 0 atom stereocenters. The summed E-state index contributed by atoms with van der Waals surface area (Å²) < 4.78 is 13.1. The van der Waals surface area contributed by atoms with Crippen molar-refractivity contribution >= 4 is 32.1 Å². The minimum absolute atomic E-state index is 0.408. The summed E-state index contributed by atoms with van der Waals surface area (Å²) in [6.07, 6.45) is 4.41. The van der Waals surface area contributed by atoms with Crippen LogP contribution in [0.1, 0.15) is 25.0 Å². The van der Waals surface area contributed by atoms with Crippen LogP contribution in [-0.2, 0) is 25.1 Å². The summed E-state index contributed by atoms with van der Waals surface area (Å²) in [6, 6.07) is 16.9. The Morgan fingerprint density at radius 2 is 1.43 bits per heavy atom. The van der Waals surface area contributed by atoms with Crippen molar-refractivity contribution in [2.24, 2.45) is 0 Å². The second kappa shape index (κ2) is 12.1. The molecule has 0 aliphatic rings. The van der Waals surface area contributed by atoms with Gasteiger partial charge in [-0.15, -0.1) is 0 Å². The second-order valence-corrected chi connectivity index (χ2v) is 19.5.